The summed E-state index contributed by atoms with van der Waals surface area (Å²) in [5.41, 5.74) is 2.42. The largest absolute Gasteiger partial charge is 0.378 e. The van der Waals surface area contributed by atoms with Gasteiger partial charge in [0.15, 0.2) is 0 Å². The molecule has 30 heavy (non-hydrogen) atoms. The fourth-order valence-electron chi connectivity index (χ4n) is 6.77. The lowest BCUT2D eigenvalue weighted by molar-refractivity contribution is -0.157. The first kappa shape index (κ1) is 18.1. The highest BCUT2D eigenvalue weighted by Gasteiger charge is 2.58. The zero-order chi connectivity index (χ0) is 20.5. The van der Waals surface area contributed by atoms with Crippen LogP contribution in [0.1, 0.15) is 44.1 Å². The zero-order valence-corrected chi connectivity index (χ0v) is 17.4. The molecule has 0 radical (unpaired) electrons. The molecule has 0 spiro atoms. The van der Waals surface area contributed by atoms with E-state index in [1.54, 1.807) is 0 Å². The summed E-state index contributed by atoms with van der Waals surface area (Å²) < 4.78 is 7.85. The number of amides is 1. The Morgan fingerprint density at radius 3 is 2.83 bits per heavy atom. The van der Waals surface area contributed by atoms with Crippen LogP contribution in [0.4, 0.5) is 0 Å². The summed E-state index contributed by atoms with van der Waals surface area (Å²) in [6.45, 7) is 0. The van der Waals surface area contributed by atoms with Gasteiger partial charge < -0.3 is 10.1 Å². The molecular formula is C23H27N5O2. The number of aryl methyl sites for hydroxylation is 1. The van der Waals surface area contributed by atoms with Gasteiger partial charge in [0.25, 0.3) is 5.91 Å². The molecule has 7 heteroatoms. The molecule has 2 N–H and O–H groups in total. The lowest BCUT2D eigenvalue weighted by atomic mass is 9.51. The monoisotopic (exact) mass is 405 g/mol. The fraction of sp³-hybridized carbons (Fsp3) is 0.522. The first-order valence-electron chi connectivity index (χ1n) is 10.8. The van der Waals surface area contributed by atoms with E-state index in [1.165, 1.54) is 19.3 Å². The maximum absolute atomic E-state index is 12.6. The van der Waals surface area contributed by atoms with Gasteiger partial charge in [-0.3, -0.25) is 14.8 Å². The highest BCUT2D eigenvalue weighted by atomic mass is 16.5. The van der Waals surface area contributed by atoms with Crippen LogP contribution in [-0.2, 0) is 16.6 Å². The highest BCUT2D eigenvalue weighted by molar-refractivity contribution is 6.14. The number of fused-ring (bicyclic) bond motifs is 1. The second kappa shape index (κ2) is 6.17. The average Bonchev–Trinajstić information content (AvgIpc) is 3.22. The number of guanidine groups is 1. The molecule has 4 bridgehead atoms. The standard InChI is InChI=1S/C23H27N5O2/c1-28-19-4-3-14(6-17(19)12-24-28)7-18-20(29)26-21(25-18)27-22-8-15-5-16(9-22)11-23(10-15,13-22)30-2/h3-4,6-7,12,15-16H,5,8-11,13H2,1-2H3,(H2,25,26,27,29)/b18-7-. The normalized spacial score (nSPS) is 35.9. The number of hydrogen-bond acceptors (Lipinski definition) is 5. The van der Waals surface area contributed by atoms with Gasteiger partial charge in [0, 0.05) is 25.1 Å². The maximum atomic E-state index is 12.6. The molecular weight excluding hydrogens is 378 g/mol. The van der Waals surface area contributed by atoms with Crippen molar-refractivity contribution in [3.63, 3.8) is 0 Å². The quantitative estimate of drug-likeness (QED) is 0.770. The van der Waals surface area contributed by atoms with E-state index in [0.717, 1.165) is 35.7 Å². The molecule has 156 valence electrons. The Morgan fingerprint density at radius 1 is 1.27 bits per heavy atom. The summed E-state index contributed by atoms with van der Waals surface area (Å²) >= 11 is 0. The van der Waals surface area contributed by atoms with Gasteiger partial charge in [0.1, 0.15) is 5.70 Å². The van der Waals surface area contributed by atoms with Crippen LogP contribution in [0, 0.1) is 11.8 Å². The van der Waals surface area contributed by atoms with Crippen LogP contribution in [0.15, 0.2) is 35.1 Å². The number of ether oxygens (including phenoxy) is 1. The number of nitrogens with one attached hydrogen (secondary N) is 2. The Balaban J connectivity index is 1.27. The second-order valence-corrected chi connectivity index (χ2v) is 9.78. The average molecular weight is 406 g/mol. The topological polar surface area (TPSA) is 80.5 Å². The molecule has 1 aliphatic heterocycles. The summed E-state index contributed by atoms with van der Waals surface area (Å²) in [4.78, 5) is 17.2. The minimum absolute atomic E-state index is 0.00193. The van der Waals surface area contributed by atoms with Gasteiger partial charge in [-0.2, -0.15) is 5.10 Å². The van der Waals surface area contributed by atoms with Crippen LogP contribution in [0.3, 0.4) is 0 Å². The smallest absolute Gasteiger partial charge is 0.276 e. The van der Waals surface area contributed by atoms with Crippen molar-refractivity contribution >= 4 is 28.8 Å². The van der Waals surface area contributed by atoms with Crippen LogP contribution >= 0.6 is 0 Å². The second-order valence-electron chi connectivity index (χ2n) is 9.78. The van der Waals surface area contributed by atoms with Crippen molar-refractivity contribution < 1.29 is 9.53 Å². The van der Waals surface area contributed by atoms with Gasteiger partial charge in [-0.25, -0.2) is 4.99 Å². The third-order valence-corrected chi connectivity index (χ3v) is 7.59. The van der Waals surface area contributed by atoms with E-state index in [1.807, 2.05) is 49.3 Å². The SMILES string of the molecule is COC12CC3CC(CC(NC4=N/C(=C\c5ccc6c(cnn6C)c5)C(=O)N4)(C3)C1)C2. The Hall–Kier alpha value is -2.67. The van der Waals surface area contributed by atoms with Crippen LogP contribution in [0.2, 0.25) is 0 Å². The van der Waals surface area contributed by atoms with Gasteiger partial charge in [-0.05, 0) is 74.1 Å². The van der Waals surface area contributed by atoms with Gasteiger partial charge in [-0.15, -0.1) is 0 Å². The summed E-state index contributed by atoms with van der Waals surface area (Å²) in [5, 5.41) is 11.9. The number of nitrogens with zero attached hydrogens (tertiary/aromatic N) is 3. The first-order valence-corrected chi connectivity index (χ1v) is 10.8. The number of carbonyl (C=O) groups excluding carboxylic acids is 1. The molecule has 7 nitrogen and oxygen atoms in total. The number of carbonyl (C=O) groups is 1. The van der Waals surface area contributed by atoms with Gasteiger partial charge in [0.2, 0.25) is 5.96 Å². The maximum Gasteiger partial charge on any atom is 0.276 e. The van der Waals surface area contributed by atoms with Gasteiger partial charge in [-0.1, -0.05) is 6.07 Å². The number of aliphatic imine (C=N–C) groups is 1. The molecule has 2 aromatic rings. The van der Waals surface area contributed by atoms with E-state index in [-0.39, 0.29) is 17.0 Å². The Kier molecular flexibility index (Phi) is 3.73. The number of aromatic nitrogens is 2. The Bertz CT molecular complexity index is 1100. The van der Waals surface area contributed by atoms with E-state index in [9.17, 15) is 4.79 Å². The van der Waals surface area contributed by atoms with Crippen LogP contribution < -0.4 is 10.6 Å². The van der Waals surface area contributed by atoms with Crippen LogP contribution in [0.5, 0.6) is 0 Å². The first-order chi connectivity index (χ1) is 14.4. The molecule has 1 aromatic carbocycles. The van der Waals surface area contributed by atoms with Crippen molar-refractivity contribution in [2.45, 2.75) is 49.7 Å². The molecule has 4 saturated carbocycles. The van der Waals surface area contributed by atoms with Crippen LogP contribution in [-0.4, -0.2) is 39.9 Å². The van der Waals surface area contributed by atoms with E-state index in [0.29, 0.717) is 23.5 Å². The molecule has 4 aliphatic carbocycles. The number of benzene rings is 1. The molecule has 4 fully saturated rings. The number of rotatable bonds is 3. The summed E-state index contributed by atoms with van der Waals surface area (Å²) in [7, 11) is 3.78. The van der Waals surface area contributed by atoms with Crippen LogP contribution in [0.25, 0.3) is 17.0 Å². The molecule has 1 aromatic heterocycles. The molecule has 2 heterocycles. The summed E-state index contributed by atoms with van der Waals surface area (Å²) in [6, 6.07) is 6.04. The zero-order valence-electron chi connectivity index (χ0n) is 17.4. The molecule has 5 aliphatic rings. The van der Waals surface area contributed by atoms with Crippen molar-refractivity contribution in [3.05, 3.63) is 35.7 Å². The van der Waals surface area contributed by atoms with E-state index < -0.39 is 0 Å². The lowest BCUT2D eigenvalue weighted by Gasteiger charge is -2.61. The summed E-state index contributed by atoms with van der Waals surface area (Å²) in [6.07, 6.45) is 10.6. The highest BCUT2D eigenvalue weighted by Crippen LogP contribution is 2.58. The Labute approximate surface area is 175 Å². The minimum atomic E-state index is -0.157. The number of methoxy groups -OCH3 is 1. The summed E-state index contributed by atoms with van der Waals surface area (Å²) in [5.74, 6) is 1.84. The predicted molar refractivity (Wildman–Crippen MR) is 115 cm³/mol. The van der Waals surface area contributed by atoms with Crippen molar-refractivity contribution in [2.75, 3.05) is 7.11 Å². The van der Waals surface area contributed by atoms with Gasteiger partial charge in [0.05, 0.1) is 17.3 Å². The lowest BCUT2D eigenvalue weighted by Crippen LogP contribution is -2.66. The van der Waals surface area contributed by atoms with E-state index >= 15 is 0 Å². The molecule has 0 saturated heterocycles. The van der Waals surface area contributed by atoms with E-state index in [2.05, 4.69) is 20.7 Å². The van der Waals surface area contributed by atoms with Crippen molar-refractivity contribution in [2.24, 2.45) is 23.9 Å². The third kappa shape index (κ3) is 2.79. The van der Waals surface area contributed by atoms with Crippen molar-refractivity contribution in [3.8, 4) is 0 Å². The predicted octanol–water partition coefficient (Wildman–Crippen LogP) is 2.73. The van der Waals surface area contributed by atoms with E-state index in [4.69, 9.17) is 4.74 Å². The third-order valence-electron chi connectivity index (χ3n) is 7.59. The molecule has 7 rings (SSSR count). The fourth-order valence-corrected chi connectivity index (χ4v) is 6.77. The van der Waals surface area contributed by atoms with Gasteiger partial charge >= 0.3 is 0 Å². The molecule has 2 unspecified atom stereocenters. The molecule has 2 atom stereocenters. The number of hydrogen-bond donors (Lipinski definition) is 2. The minimum Gasteiger partial charge on any atom is -0.378 e. The molecule has 1 amide bonds. The van der Waals surface area contributed by atoms with Crippen molar-refractivity contribution in [1.29, 1.82) is 0 Å². The van der Waals surface area contributed by atoms with Crippen molar-refractivity contribution in [1.82, 2.24) is 20.4 Å². The Morgan fingerprint density at radius 2 is 2.07 bits per heavy atom.